The molecule has 1 aromatic heterocycles. The second-order valence-corrected chi connectivity index (χ2v) is 5.51. The highest BCUT2D eigenvalue weighted by molar-refractivity contribution is 6.09. The van der Waals surface area contributed by atoms with Crippen molar-refractivity contribution < 1.29 is 19.0 Å². The van der Waals surface area contributed by atoms with Crippen molar-refractivity contribution in [2.45, 2.75) is 0 Å². The molecule has 0 radical (unpaired) electrons. The fourth-order valence-electron chi connectivity index (χ4n) is 2.72. The Hall–Kier alpha value is -3.34. The number of pyridine rings is 1. The molecular weight excluding hydrogens is 330 g/mol. The minimum absolute atomic E-state index is 0.210. The lowest BCUT2D eigenvalue weighted by Crippen LogP contribution is -2.03. The summed E-state index contributed by atoms with van der Waals surface area (Å²) in [4.78, 5) is 17.2. The molecule has 26 heavy (non-hydrogen) atoms. The van der Waals surface area contributed by atoms with Gasteiger partial charge < -0.3 is 14.2 Å². The highest BCUT2D eigenvalue weighted by Crippen LogP contribution is 2.40. The second kappa shape index (κ2) is 7.70. The van der Waals surface area contributed by atoms with Crippen LogP contribution in [-0.4, -0.2) is 32.1 Å². The average molecular weight is 349 g/mol. The van der Waals surface area contributed by atoms with Crippen LogP contribution in [-0.2, 0) is 0 Å². The van der Waals surface area contributed by atoms with Crippen LogP contribution in [0.25, 0.3) is 17.0 Å². The number of benzene rings is 2. The number of ketones is 1. The number of para-hydroxylation sites is 1. The maximum Gasteiger partial charge on any atom is 0.204 e. The summed E-state index contributed by atoms with van der Waals surface area (Å²) >= 11 is 0. The van der Waals surface area contributed by atoms with Gasteiger partial charge in [0.15, 0.2) is 17.3 Å². The molecule has 0 aliphatic carbocycles. The number of rotatable bonds is 6. The number of hydrogen-bond donors (Lipinski definition) is 0. The molecule has 5 nitrogen and oxygen atoms in total. The van der Waals surface area contributed by atoms with Gasteiger partial charge in [0.25, 0.3) is 0 Å². The molecule has 0 saturated carbocycles. The van der Waals surface area contributed by atoms with Crippen molar-refractivity contribution in [1.82, 2.24) is 4.98 Å². The summed E-state index contributed by atoms with van der Waals surface area (Å²) in [6, 6.07) is 15.0. The number of aromatic nitrogens is 1. The van der Waals surface area contributed by atoms with Crippen molar-refractivity contribution >= 4 is 22.8 Å². The molecule has 5 heteroatoms. The minimum Gasteiger partial charge on any atom is -0.493 e. The van der Waals surface area contributed by atoms with E-state index in [9.17, 15) is 4.79 Å². The standard InChI is InChI=1S/C21H19NO4/c1-24-19-13-11-16(20(25-2)21(19)26-3)18(23)12-10-15-9-8-14-6-4-5-7-17(14)22-15/h4-13H,1-3H3/b12-10+. The molecule has 3 rings (SSSR count). The molecule has 1 heterocycles. The molecule has 0 bridgehead atoms. The van der Waals surface area contributed by atoms with Crippen LogP contribution in [0.15, 0.2) is 54.6 Å². The molecule has 0 atom stereocenters. The van der Waals surface area contributed by atoms with E-state index in [1.165, 1.54) is 27.4 Å². The monoisotopic (exact) mass is 349 g/mol. The largest absolute Gasteiger partial charge is 0.493 e. The smallest absolute Gasteiger partial charge is 0.204 e. The van der Waals surface area contributed by atoms with Gasteiger partial charge in [-0.15, -0.1) is 0 Å². The van der Waals surface area contributed by atoms with Crippen LogP contribution in [0.5, 0.6) is 17.2 Å². The molecule has 132 valence electrons. The topological polar surface area (TPSA) is 57.7 Å². The van der Waals surface area contributed by atoms with E-state index in [4.69, 9.17) is 14.2 Å². The highest BCUT2D eigenvalue weighted by Gasteiger charge is 2.19. The summed E-state index contributed by atoms with van der Waals surface area (Å²) in [6.07, 6.45) is 3.16. The van der Waals surface area contributed by atoms with Crippen LogP contribution in [0.1, 0.15) is 16.1 Å². The van der Waals surface area contributed by atoms with Gasteiger partial charge in [-0.25, -0.2) is 4.98 Å². The van der Waals surface area contributed by atoms with E-state index in [-0.39, 0.29) is 5.78 Å². The van der Waals surface area contributed by atoms with E-state index in [1.54, 1.807) is 18.2 Å². The molecule has 3 aromatic rings. The molecular formula is C21H19NO4. The first kappa shape index (κ1) is 17.5. The lowest BCUT2D eigenvalue weighted by atomic mass is 10.1. The summed E-state index contributed by atoms with van der Waals surface area (Å²) in [7, 11) is 4.52. The van der Waals surface area contributed by atoms with Crippen molar-refractivity contribution in [3.05, 3.63) is 65.9 Å². The molecule has 0 aliphatic rings. The first-order chi connectivity index (χ1) is 12.7. The minimum atomic E-state index is -0.210. The van der Waals surface area contributed by atoms with Crippen molar-refractivity contribution in [1.29, 1.82) is 0 Å². The lowest BCUT2D eigenvalue weighted by Gasteiger charge is -2.14. The molecule has 0 unspecified atom stereocenters. The molecule has 2 aromatic carbocycles. The molecule has 0 N–H and O–H groups in total. The normalized spacial score (nSPS) is 10.9. The van der Waals surface area contributed by atoms with E-state index in [0.717, 1.165) is 10.9 Å². The predicted molar refractivity (Wildman–Crippen MR) is 101 cm³/mol. The average Bonchev–Trinajstić information content (AvgIpc) is 2.70. The molecule has 0 amide bonds. The van der Waals surface area contributed by atoms with Gasteiger partial charge in [-0.1, -0.05) is 24.3 Å². The van der Waals surface area contributed by atoms with Gasteiger partial charge >= 0.3 is 0 Å². The summed E-state index contributed by atoms with van der Waals surface area (Å²) in [5.74, 6) is 1.02. The second-order valence-electron chi connectivity index (χ2n) is 5.51. The van der Waals surface area contributed by atoms with Crippen LogP contribution in [0.3, 0.4) is 0 Å². The number of fused-ring (bicyclic) bond motifs is 1. The van der Waals surface area contributed by atoms with Gasteiger partial charge in [0.2, 0.25) is 5.75 Å². The van der Waals surface area contributed by atoms with Crippen LogP contribution in [0, 0.1) is 0 Å². The highest BCUT2D eigenvalue weighted by atomic mass is 16.5. The van der Waals surface area contributed by atoms with E-state index >= 15 is 0 Å². The van der Waals surface area contributed by atoms with Crippen LogP contribution in [0.2, 0.25) is 0 Å². The van der Waals surface area contributed by atoms with Gasteiger partial charge in [0.1, 0.15) is 0 Å². The molecule has 0 fully saturated rings. The van der Waals surface area contributed by atoms with E-state index in [1.807, 2.05) is 36.4 Å². The van der Waals surface area contributed by atoms with Gasteiger partial charge in [-0.2, -0.15) is 0 Å². The first-order valence-electron chi connectivity index (χ1n) is 8.05. The zero-order chi connectivity index (χ0) is 18.5. The van der Waals surface area contributed by atoms with Crippen LogP contribution in [0.4, 0.5) is 0 Å². The number of hydrogen-bond acceptors (Lipinski definition) is 5. The Balaban J connectivity index is 1.92. The number of ether oxygens (including phenoxy) is 3. The Labute approximate surface area is 151 Å². The van der Waals surface area contributed by atoms with Gasteiger partial charge in [-0.3, -0.25) is 4.79 Å². The Kier molecular flexibility index (Phi) is 5.17. The first-order valence-corrected chi connectivity index (χ1v) is 8.05. The third-order valence-corrected chi connectivity index (χ3v) is 4.00. The fraction of sp³-hybridized carbons (Fsp3) is 0.143. The van der Waals surface area contributed by atoms with Gasteiger partial charge in [0, 0.05) is 5.39 Å². The fourth-order valence-corrected chi connectivity index (χ4v) is 2.72. The predicted octanol–water partition coefficient (Wildman–Crippen LogP) is 4.16. The number of nitrogens with zero attached hydrogens (tertiary/aromatic N) is 1. The van der Waals surface area contributed by atoms with Crippen molar-refractivity contribution in [2.75, 3.05) is 21.3 Å². The van der Waals surface area contributed by atoms with Gasteiger partial charge in [0.05, 0.1) is 38.1 Å². The lowest BCUT2D eigenvalue weighted by molar-refractivity contribution is 0.104. The Bertz CT molecular complexity index is 979. The Morgan fingerprint density at radius 2 is 1.65 bits per heavy atom. The number of methoxy groups -OCH3 is 3. The van der Waals surface area contributed by atoms with Crippen molar-refractivity contribution in [2.24, 2.45) is 0 Å². The van der Waals surface area contributed by atoms with E-state index in [0.29, 0.717) is 28.5 Å². The zero-order valence-electron chi connectivity index (χ0n) is 14.9. The Morgan fingerprint density at radius 1 is 0.885 bits per heavy atom. The van der Waals surface area contributed by atoms with E-state index < -0.39 is 0 Å². The number of carbonyl (C=O) groups excluding carboxylic acids is 1. The summed E-state index contributed by atoms with van der Waals surface area (Å²) in [6.45, 7) is 0. The number of allylic oxidation sites excluding steroid dienone is 1. The molecule has 0 aliphatic heterocycles. The summed E-state index contributed by atoms with van der Waals surface area (Å²) in [5, 5.41) is 1.05. The maximum atomic E-state index is 12.6. The summed E-state index contributed by atoms with van der Waals surface area (Å²) < 4.78 is 15.9. The molecule has 0 spiro atoms. The Morgan fingerprint density at radius 3 is 2.38 bits per heavy atom. The molecule has 0 saturated heterocycles. The SMILES string of the molecule is COc1ccc(C(=O)/C=C/c2ccc3ccccc3n2)c(OC)c1OC. The quantitative estimate of drug-likeness (QED) is 0.494. The zero-order valence-corrected chi connectivity index (χ0v) is 14.9. The van der Waals surface area contributed by atoms with Gasteiger partial charge in [-0.05, 0) is 36.4 Å². The number of carbonyl (C=O) groups is 1. The van der Waals surface area contributed by atoms with Crippen molar-refractivity contribution in [3.63, 3.8) is 0 Å². The maximum absolute atomic E-state index is 12.6. The summed E-state index contributed by atoms with van der Waals surface area (Å²) in [5.41, 5.74) is 1.98. The third kappa shape index (κ3) is 3.37. The van der Waals surface area contributed by atoms with Crippen LogP contribution < -0.4 is 14.2 Å². The van der Waals surface area contributed by atoms with Crippen molar-refractivity contribution in [3.8, 4) is 17.2 Å². The van der Waals surface area contributed by atoms with Crippen LogP contribution >= 0.6 is 0 Å². The third-order valence-electron chi connectivity index (χ3n) is 4.00. The van der Waals surface area contributed by atoms with E-state index in [2.05, 4.69) is 4.98 Å².